The van der Waals surface area contributed by atoms with Gasteiger partial charge in [0, 0.05) is 31.4 Å². The second-order valence-electron chi connectivity index (χ2n) is 8.29. The lowest BCUT2D eigenvalue weighted by molar-refractivity contribution is -0.119. The third-order valence-electron chi connectivity index (χ3n) is 6.09. The average molecular weight is 456 g/mol. The zero-order valence-electron chi connectivity index (χ0n) is 19.0. The number of amidine groups is 1. The number of carbonyl (C=O) groups excluding carboxylic acids is 1. The number of amides is 1. The van der Waals surface area contributed by atoms with Crippen LogP contribution in [-0.2, 0) is 10.3 Å². The Bertz CT molecular complexity index is 1270. The normalized spacial score (nSPS) is 21.4. The minimum atomic E-state index is -0.941. The zero-order chi connectivity index (χ0) is 23.7. The Labute approximate surface area is 197 Å². The zero-order valence-corrected chi connectivity index (χ0v) is 19.0. The van der Waals surface area contributed by atoms with Gasteiger partial charge < -0.3 is 15.8 Å². The SMILES string of the molecule is COc1ccc(C2(c3cccc(-c4cncnc4)c3)N=C(N)N3CC(NC(C)=O)CN=C32)cc1. The molecule has 2 unspecified atom stereocenters. The van der Waals surface area contributed by atoms with Crippen LogP contribution < -0.4 is 15.8 Å². The summed E-state index contributed by atoms with van der Waals surface area (Å²) in [5, 5.41) is 2.94. The first kappa shape index (κ1) is 21.6. The number of methoxy groups -OCH3 is 1. The van der Waals surface area contributed by atoms with Gasteiger partial charge in [0.25, 0.3) is 0 Å². The Morgan fingerprint density at radius 2 is 1.88 bits per heavy atom. The molecule has 34 heavy (non-hydrogen) atoms. The average Bonchev–Trinajstić information content (AvgIpc) is 3.17. The molecule has 2 aliphatic heterocycles. The van der Waals surface area contributed by atoms with Gasteiger partial charge in [-0.2, -0.15) is 0 Å². The highest BCUT2D eigenvalue weighted by Gasteiger charge is 2.50. The number of aliphatic imine (C=N–C) groups is 2. The van der Waals surface area contributed by atoms with Crippen LogP contribution >= 0.6 is 0 Å². The molecule has 0 bridgehead atoms. The molecule has 9 heteroatoms. The number of nitrogens with one attached hydrogen (secondary N) is 1. The van der Waals surface area contributed by atoms with Crippen molar-refractivity contribution in [3.63, 3.8) is 0 Å². The maximum absolute atomic E-state index is 11.6. The molecule has 0 aliphatic carbocycles. The molecule has 172 valence electrons. The predicted octanol–water partition coefficient (Wildman–Crippen LogP) is 1.94. The van der Waals surface area contributed by atoms with Gasteiger partial charge in [-0.25, -0.2) is 15.0 Å². The first-order chi connectivity index (χ1) is 16.5. The summed E-state index contributed by atoms with van der Waals surface area (Å²) < 4.78 is 5.37. The number of hydrogen-bond donors (Lipinski definition) is 2. The topological polar surface area (TPSA) is 118 Å². The van der Waals surface area contributed by atoms with Crippen molar-refractivity contribution in [2.45, 2.75) is 18.5 Å². The van der Waals surface area contributed by atoms with Gasteiger partial charge >= 0.3 is 0 Å². The Morgan fingerprint density at radius 3 is 2.59 bits per heavy atom. The number of guanidine groups is 1. The lowest BCUT2D eigenvalue weighted by Gasteiger charge is -2.35. The summed E-state index contributed by atoms with van der Waals surface area (Å²) in [6.45, 7) is 2.44. The van der Waals surface area contributed by atoms with Crippen molar-refractivity contribution >= 4 is 17.7 Å². The first-order valence-corrected chi connectivity index (χ1v) is 11.0. The van der Waals surface area contributed by atoms with Crippen LogP contribution in [0.2, 0.25) is 0 Å². The van der Waals surface area contributed by atoms with Crippen LogP contribution in [0.25, 0.3) is 11.1 Å². The number of fused-ring (bicyclic) bond motifs is 1. The molecule has 3 N–H and O–H groups in total. The number of rotatable bonds is 5. The van der Waals surface area contributed by atoms with Crippen LogP contribution in [0.3, 0.4) is 0 Å². The fraction of sp³-hybridized carbons (Fsp3) is 0.240. The van der Waals surface area contributed by atoms with E-state index in [4.69, 9.17) is 20.5 Å². The third-order valence-corrected chi connectivity index (χ3v) is 6.09. The molecule has 0 spiro atoms. The number of ether oxygens (including phenoxy) is 1. The molecule has 3 aromatic rings. The van der Waals surface area contributed by atoms with Gasteiger partial charge in [-0.15, -0.1) is 0 Å². The van der Waals surface area contributed by atoms with Gasteiger partial charge in [-0.1, -0.05) is 30.3 Å². The standard InChI is InChI=1S/C25H25N7O2/c1-16(33)30-21-13-29-23-25(31-24(26)32(23)14-21,19-6-8-22(34-2)9-7-19)20-5-3-4-17(10-20)18-11-27-15-28-12-18/h3-12,15,21H,13-14H2,1-2H3,(H2,26,31)(H,30,33). The summed E-state index contributed by atoms with van der Waals surface area (Å²) >= 11 is 0. The molecule has 1 aromatic heterocycles. The summed E-state index contributed by atoms with van der Waals surface area (Å²) in [5.74, 6) is 1.74. The third kappa shape index (κ3) is 3.64. The second-order valence-corrected chi connectivity index (χ2v) is 8.29. The Kier molecular flexibility index (Phi) is 5.45. The molecule has 0 saturated carbocycles. The van der Waals surface area contributed by atoms with Crippen molar-refractivity contribution < 1.29 is 9.53 Å². The lowest BCUT2D eigenvalue weighted by Crippen LogP contribution is -2.55. The number of nitrogens with zero attached hydrogens (tertiary/aromatic N) is 5. The number of benzene rings is 2. The second kappa shape index (κ2) is 8.58. The van der Waals surface area contributed by atoms with Crippen molar-refractivity contribution in [2.75, 3.05) is 20.2 Å². The van der Waals surface area contributed by atoms with E-state index in [0.717, 1.165) is 33.8 Å². The molecule has 1 amide bonds. The van der Waals surface area contributed by atoms with Crippen molar-refractivity contribution in [3.05, 3.63) is 78.4 Å². The molecule has 3 heterocycles. The van der Waals surface area contributed by atoms with E-state index >= 15 is 0 Å². The number of nitrogens with two attached hydrogens (primary N) is 1. The van der Waals surface area contributed by atoms with Crippen molar-refractivity contribution in [2.24, 2.45) is 15.7 Å². The molecule has 0 fully saturated rings. The maximum atomic E-state index is 11.6. The lowest BCUT2D eigenvalue weighted by atomic mass is 9.81. The first-order valence-electron chi connectivity index (χ1n) is 11.0. The van der Waals surface area contributed by atoms with Gasteiger partial charge in [0.15, 0.2) is 11.5 Å². The minimum Gasteiger partial charge on any atom is -0.497 e. The Hall–Kier alpha value is -4.27. The van der Waals surface area contributed by atoms with E-state index in [9.17, 15) is 4.79 Å². The van der Waals surface area contributed by atoms with Gasteiger partial charge in [-0.3, -0.25) is 14.7 Å². The highest BCUT2D eigenvalue weighted by molar-refractivity contribution is 6.12. The summed E-state index contributed by atoms with van der Waals surface area (Å²) in [6, 6.07) is 15.7. The van der Waals surface area contributed by atoms with E-state index in [-0.39, 0.29) is 11.9 Å². The molecule has 2 atom stereocenters. The quantitative estimate of drug-likeness (QED) is 0.607. The molecule has 0 radical (unpaired) electrons. The summed E-state index contributed by atoms with van der Waals surface area (Å²) in [5.41, 5.74) is 9.23. The van der Waals surface area contributed by atoms with Gasteiger partial charge in [0.2, 0.25) is 5.91 Å². The predicted molar refractivity (Wildman–Crippen MR) is 129 cm³/mol. The summed E-state index contributed by atoms with van der Waals surface area (Å²) in [7, 11) is 1.64. The maximum Gasteiger partial charge on any atom is 0.217 e. The van der Waals surface area contributed by atoms with Crippen molar-refractivity contribution in [3.8, 4) is 16.9 Å². The van der Waals surface area contributed by atoms with Crippen LogP contribution in [-0.4, -0.2) is 58.8 Å². The molecule has 0 saturated heterocycles. The van der Waals surface area contributed by atoms with Crippen LogP contribution in [0.1, 0.15) is 18.1 Å². The van der Waals surface area contributed by atoms with E-state index in [1.54, 1.807) is 19.5 Å². The number of hydrogen-bond acceptors (Lipinski definition) is 8. The highest BCUT2D eigenvalue weighted by atomic mass is 16.5. The summed E-state index contributed by atoms with van der Waals surface area (Å²) in [6.07, 6.45) is 5.07. The smallest absolute Gasteiger partial charge is 0.217 e. The van der Waals surface area contributed by atoms with Gasteiger partial charge in [-0.05, 0) is 34.9 Å². The fourth-order valence-corrected chi connectivity index (χ4v) is 4.58. The summed E-state index contributed by atoms with van der Waals surface area (Å²) in [4.78, 5) is 31.7. The van der Waals surface area contributed by atoms with Crippen molar-refractivity contribution in [1.29, 1.82) is 0 Å². The van der Waals surface area contributed by atoms with Crippen LogP contribution in [0.5, 0.6) is 5.75 Å². The van der Waals surface area contributed by atoms with Gasteiger partial charge in [0.05, 0.1) is 19.7 Å². The molecule has 9 nitrogen and oxygen atoms in total. The van der Waals surface area contributed by atoms with Crippen LogP contribution in [0.15, 0.2) is 77.2 Å². The van der Waals surface area contributed by atoms with E-state index in [0.29, 0.717) is 19.0 Å². The van der Waals surface area contributed by atoms with Crippen LogP contribution in [0, 0.1) is 0 Å². The van der Waals surface area contributed by atoms with Crippen molar-refractivity contribution in [1.82, 2.24) is 20.2 Å². The fourth-order valence-electron chi connectivity index (χ4n) is 4.58. The number of carbonyl (C=O) groups is 1. The Morgan fingerprint density at radius 1 is 1.12 bits per heavy atom. The molecule has 5 rings (SSSR count). The Balaban J connectivity index is 1.67. The molecule has 2 aromatic carbocycles. The van der Waals surface area contributed by atoms with E-state index in [1.165, 1.54) is 13.3 Å². The monoisotopic (exact) mass is 455 g/mol. The van der Waals surface area contributed by atoms with E-state index in [1.807, 2.05) is 47.4 Å². The van der Waals surface area contributed by atoms with E-state index < -0.39 is 5.54 Å². The number of aromatic nitrogens is 2. The molecular weight excluding hydrogens is 430 g/mol. The molecular formula is C25H25N7O2. The van der Waals surface area contributed by atoms with Gasteiger partial charge in [0.1, 0.15) is 17.9 Å². The molecule has 2 aliphatic rings. The highest BCUT2D eigenvalue weighted by Crippen LogP contribution is 2.42. The van der Waals surface area contributed by atoms with Crippen LogP contribution in [0.4, 0.5) is 0 Å². The van der Waals surface area contributed by atoms with E-state index in [2.05, 4.69) is 21.4 Å². The minimum absolute atomic E-state index is 0.0995. The largest absolute Gasteiger partial charge is 0.497 e.